The molecule has 2 aromatic heterocycles. The van der Waals surface area contributed by atoms with E-state index in [4.69, 9.17) is 0 Å². The van der Waals surface area contributed by atoms with Crippen molar-refractivity contribution in [2.24, 2.45) is 11.3 Å². The van der Waals surface area contributed by atoms with Crippen LogP contribution in [0.5, 0.6) is 0 Å². The SMILES string of the molecule is CC1(C(=O)N2CCC[C@H](Cc3cnc4ccccc4c3)CC2)CCN(c2ncccn2)CC1. The number of anilines is 1. The zero-order chi connectivity index (χ0) is 22.7. The molecule has 0 unspecified atom stereocenters. The Kier molecular flexibility index (Phi) is 6.25. The second-order valence-corrected chi connectivity index (χ2v) is 9.93. The third-order valence-electron chi connectivity index (χ3n) is 7.52. The summed E-state index contributed by atoms with van der Waals surface area (Å²) in [5.74, 6) is 1.72. The Morgan fingerprint density at radius 2 is 1.79 bits per heavy atom. The molecule has 1 atom stereocenters. The highest BCUT2D eigenvalue weighted by molar-refractivity contribution is 5.82. The summed E-state index contributed by atoms with van der Waals surface area (Å²) in [5, 5.41) is 1.21. The smallest absolute Gasteiger partial charge is 0.228 e. The van der Waals surface area contributed by atoms with Gasteiger partial charge in [-0.25, -0.2) is 9.97 Å². The van der Waals surface area contributed by atoms with Gasteiger partial charge in [-0.3, -0.25) is 9.78 Å². The van der Waals surface area contributed by atoms with Gasteiger partial charge in [0.15, 0.2) is 0 Å². The van der Waals surface area contributed by atoms with Gasteiger partial charge < -0.3 is 9.80 Å². The summed E-state index contributed by atoms with van der Waals surface area (Å²) < 4.78 is 0. The maximum atomic E-state index is 13.5. The molecule has 1 amide bonds. The molecule has 5 rings (SSSR count). The summed E-state index contributed by atoms with van der Waals surface area (Å²) in [6, 6.07) is 12.4. The van der Waals surface area contributed by atoms with E-state index in [0.717, 1.165) is 69.7 Å². The number of pyridine rings is 1. The van der Waals surface area contributed by atoms with Gasteiger partial charge in [-0.15, -0.1) is 0 Å². The van der Waals surface area contributed by atoms with Crippen molar-refractivity contribution in [3.63, 3.8) is 0 Å². The number of aromatic nitrogens is 3. The Balaban J connectivity index is 1.17. The lowest BCUT2D eigenvalue weighted by atomic mass is 9.79. The van der Waals surface area contributed by atoms with E-state index in [1.807, 2.05) is 18.3 Å². The van der Waals surface area contributed by atoms with Gasteiger partial charge in [0.1, 0.15) is 0 Å². The van der Waals surface area contributed by atoms with Gasteiger partial charge in [0.25, 0.3) is 0 Å². The molecule has 0 spiro atoms. The number of nitrogens with zero attached hydrogens (tertiary/aromatic N) is 5. The highest BCUT2D eigenvalue weighted by atomic mass is 16.2. The number of hydrogen-bond acceptors (Lipinski definition) is 5. The predicted molar refractivity (Wildman–Crippen MR) is 131 cm³/mol. The van der Waals surface area contributed by atoms with E-state index in [0.29, 0.717) is 11.8 Å². The Labute approximate surface area is 196 Å². The quantitative estimate of drug-likeness (QED) is 0.594. The van der Waals surface area contributed by atoms with Crippen molar-refractivity contribution < 1.29 is 4.79 Å². The van der Waals surface area contributed by atoms with E-state index in [-0.39, 0.29) is 5.41 Å². The minimum Gasteiger partial charge on any atom is -0.342 e. The lowest BCUT2D eigenvalue weighted by Crippen LogP contribution is -2.49. The minimum absolute atomic E-state index is 0.284. The van der Waals surface area contributed by atoms with E-state index in [2.05, 4.69) is 55.9 Å². The molecular weight excluding hydrogens is 410 g/mol. The van der Waals surface area contributed by atoms with E-state index in [1.54, 1.807) is 12.4 Å². The second kappa shape index (κ2) is 9.46. The predicted octanol–water partition coefficient (Wildman–Crippen LogP) is 4.50. The maximum Gasteiger partial charge on any atom is 0.228 e. The Hall–Kier alpha value is -3.02. The molecule has 0 radical (unpaired) electrons. The van der Waals surface area contributed by atoms with Gasteiger partial charge in [-0.05, 0) is 68.2 Å². The van der Waals surface area contributed by atoms with Crippen molar-refractivity contribution in [3.05, 3.63) is 60.6 Å². The molecule has 0 saturated carbocycles. The molecule has 6 heteroatoms. The first-order valence-electron chi connectivity index (χ1n) is 12.3. The molecule has 2 aliphatic rings. The highest BCUT2D eigenvalue weighted by Crippen LogP contribution is 2.35. The van der Waals surface area contributed by atoms with E-state index in [9.17, 15) is 4.79 Å². The Morgan fingerprint density at radius 3 is 2.61 bits per heavy atom. The lowest BCUT2D eigenvalue weighted by Gasteiger charge is -2.41. The first kappa shape index (κ1) is 21.8. The van der Waals surface area contributed by atoms with Gasteiger partial charge in [-0.2, -0.15) is 0 Å². The summed E-state index contributed by atoms with van der Waals surface area (Å²) in [4.78, 5) is 31.3. The number of fused-ring (bicyclic) bond motifs is 1. The zero-order valence-corrected chi connectivity index (χ0v) is 19.5. The third-order valence-corrected chi connectivity index (χ3v) is 7.52. The normalized spacial score (nSPS) is 21.1. The standard InChI is InChI=1S/C27H33N5O/c1-27(10-16-32(17-11-27)26-28-12-5-13-29-26)25(33)31-14-4-6-21(9-15-31)18-22-19-23-7-2-3-8-24(23)30-20-22/h2-3,5,7-8,12-13,19-21H,4,6,9-11,14-18H2,1H3/t21-/m0/s1. The lowest BCUT2D eigenvalue weighted by molar-refractivity contribution is -0.142. The zero-order valence-electron chi connectivity index (χ0n) is 19.5. The van der Waals surface area contributed by atoms with Crippen LogP contribution in [-0.4, -0.2) is 51.9 Å². The molecule has 3 aromatic rings. The molecular formula is C27H33N5O. The molecule has 2 saturated heterocycles. The average Bonchev–Trinajstić information content (AvgIpc) is 3.10. The largest absolute Gasteiger partial charge is 0.342 e. The topological polar surface area (TPSA) is 62.2 Å². The molecule has 6 nitrogen and oxygen atoms in total. The number of likely N-dealkylation sites (tertiary alicyclic amines) is 1. The van der Waals surface area contributed by atoms with E-state index >= 15 is 0 Å². The summed E-state index contributed by atoms with van der Waals surface area (Å²) in [6.45, 7) is 5.56. The van der Waals surface area contributed by atoms with E-state index < -0.39 is 0 Å². The Morgan fingerprint density at radius 1 is 1.00 bits per heavy atom. The third kappa shape index (κ3) is 4.85. The fourth-order valence-electron chi connectivity index (χ4n) is 5.38. The number of para-hydroxylation sites is 1. The molecule has 0 aliphatic carbocycles. The number of rotatable bonds is 4. The minimum atomic E-state index is -0.284. The van der Waals surface area contributed by atoms with Crippen molar-refractivity contribution in [2.45, 2.75) is 45.4 Å². The van der Waals surface area contributed by atoms with Crippen LogP contribution >= 0.6 is 0 Å². The molecule has 0 N–H and O–H groups in total. The fraction of sp³-hybridized carbons (Fsp3) is 0.481. The molecule has 2 fully saturated rings. The second-order valence-electron chi connectivity index (χ2n) is 9.93. The summed E-state index contributed by atoms with van der Waals surface area (Å²) in [7, 11) is 0. The maximum absolute atomic E-state index is 13.5. The first-order chi connectivity index (χ1) is 16.1. The van der Waals surface area contributed by atoms with Crippen LogP contribution in [0.3, 0.4) is 0 Å². The van der Waals surface area contributed by atoms with Gasteiger partial charge in [0, 0.05) is 55.6 Å². The molecule has 1 aromatic carbocycles. The van der Waals surface area contributed by atoms with Crippen LogP contribution in [0.2, 0.25) is 0 Å². The van der Waals surface area contributed by atoms with Crippen LogP contribution in [0, 0.1) is 11.3 Å². The van der Waals surface area contributed by atoms with Crippen molar-refractivity contribution in [1.29, 1.82) is 0 Å². The Bertz CT molecular complexity index is 1090. The first-order valence-corrected chi connectivity index (χ1v) is 12.3. The van der Waals surface area contributed by atoms with Crippen LogP contribution < -0.4 is 4.90 Å². The number of carbonyl (C=O) groups is 1. The van der Waals surface area contributed by atoms with Crippen molar-refractivity contribution in [3.8, 4) is 0 Å². The molecule has 172 valence electrons. The average molecular weight is 444 g/mol. The fourth-order valence-corrected chi connectivity index (χ4v) is 5.38. The number of carbonyl (C=O) groups excluding carboxylic acids is 1. The summed E-state index contributed by atoms with van der Waals surface area (Å²) in [5.41, 5.74) is 2.07. The molecule has 33 heavy (non-hydrogen) atoms. The van der Waals surface area contributed by atoms with Gasteiger partial charge in [-0.1, -0.05) is 25.1 Å². The van der Waals surface area contributed by atoms with E-state index in [1.165, 1.54) is 17.4 Å². The summed E-state index contributed by atoms with van der Waals surface area (Å²) in [6.07, 6.45) is 11.7. The van der Waals surface area contributed by atoms with Crippen LogP contribution in [0.4, 0.5) is 5.95 Å². The number of hydrogen-bond donors (Lipinski definition) is 0. The molecule has 4 heterocycles. The van der Waals surface area contributed by atoms with Crippen LogP contribution in [-0.2, 0) is 11.2 Å². The number of piperidine rings is 1. The number of amides is 1. The van der Waals surface area contributed by atoms with Gasteiger partial charge >= 0.3 is 0 Å². The number of benzene rings is 1. The van der Waals surface area contributed by atoms with Gasteiger partial charge in [0.2, 0.25) is 11.9 Å². The summed E-state index contributed by atoms with van der Waals surface area (Å²) >= 11 is 0. The van der Waals surface area contributed by atoms with Crippen LogP contribution in [0.15, 0.2) is 55.0 Å². The van der Waals surface area contributed by atoms with Crippen LogP contribution in [0.25, 0.3) is 10.9 Å². The van der Waals surface area contributed by atoms with Gasteiger partial charge in [0.05, 0.1) is 5.52 Å². The highest BCUT2D eigenvalue weighted by Gasteiger charge is 2.40. The molecule has 2 aliphatic heterocycles. The monoisotopic (exact) mass is 443 g/mol. The van der Waals surface area contributed by atoms with Crippen molar-refractivity contribution in [1.82, 2.24) is 19.9 Å². The van der Waals surface area contributed by atoms with Crippen LogP contribution in [0.1, 0.15) is 44.6 Å². The van der Waals surface area contributed by atoms with Crippen molar-refractivity contribution in [2.75, 3.05) is 31.1 Å². The van der Waals surface area contributed by atoms with Crippen molar-refractivity contribution >= 4 is 22.8 Å². The molecule has 0 bridgehead atoms.